The molecule has 0 heterocycles. The molecule has 0 aromatic rings. The summed E-state index contributed by atoms with van der Waals surface area (Å²) in [5, 5.41) is 0. The van der Waals surface area contributed by atoms with Crippen molar-refractivity contribution in [3.63, 3.8) is 0 Å². The van der Waals surface area contributed by atoms with E-state index < -0.39 is 0 Å². The maximum Gasteiger partial charge on any atom is 0.325 e. The van der Waals surface area contributed by atoms with Crippen LogP contribution in [0.3, 0.4) is 0 Å². The van der Waals surface area contributed by atoms with Gasteiger partial charge in [0.1, 0.15) is 6.54 Å². The van der Waals surface area contributed by atoms with Crippen molar-refractivity contribution in [3.8, 4) is 0 Å². The molecule has 1 amide bonds. The number of carbonyl (C=O) groups excluding carboxylic acids is 2. The van der Waals surface area contributed by atoms with Crippen LogP contribution in [0.25, 0.3) is 0 Å². The Morgan fingerprint density at radius 3 is 2.44 bits per heavy atom. The highest BCUT2D eigenvalue weighted by atomic mass is 16.5. The molecule has 1 aliphatic rings. The fraction of sp³-hybridized carbons (Fsp3) is 0.714. The molecular formula is C14H23NO3. The molecule has 1 aliphatic carbocycles. The molecule has 102 valence electrons. The normalized spacial score (nSPS) is 16.7. The summed E-state index contributed by atoms with van der Waals surface area (Å²) in [6, 6.07) is 0.191. The fourth-order valence-electron chi connectivity index (χ4n) is 2.41. The molecule has 0 aliphatic heterocycles. The quantitative estimate of drug-likeness (QED) is 0.558. The second-order valence-electron chi connectivity index (χ2n) is 4.74. The first-order chi connectivity index (χ1) is 8.60. The molecule has 0 spiro atoms. The van der Waals surface area contributed by atoms with Crippen LogP contribution in [0, 0.1) is 0 Å². The third kappa shape index (κ3) is 3.86. The fourth-order valence-corrected chi connectivity index (χ4v) is 2.41. The molecule has 1 fully saturated rings. The number of nitrogens with zero attached hydrogens (tertiary/aromatic N) is 1. The number of carbonyl (C=O) groups is 2. The minimum Gasteiger partial charge on any atom is -0.468 e. The molecule has 1 saturated carbocycles. The van der Waals surface area contributed by atoms with Crippen LogP contribution < -0.4 is 0 Å². The van der Waals surface area contributed by atoms with Crippen molar-refractivity contribution in [3.05, 3.63) is 11.6 Å². The summed E-state index contributed by atoms with van der Waals surface area (Å²) in [7, 11) is 1.36. The molecule has 4 heteroatoms. The Labute approximate surface area is 109 Å². The molecule has 0 radical (unpaired) electrons. The van der Waals surface area contributed by atoms with E-state index in [2.05, 4.69) is 4.74 Å². The zero-order valence-electron chi connectivity index (χ0n) is 11.6. The lowest BCUT2D eigenvalue weighted by Crippen LogP contribution is -2.43. The first-order valence-electron chi connectivity index (χ1n) is 6.64. The van der Waals surface area contributed by atoms with Crippen LogP contribution in [0.2, 0.25) is 0 Å². The minimum absolute atomic E-state index is 0.0332. The van der Waals surface area contributed by atoms with Crippen LogP contribution in [-0.2, 0) is 14.3 Å². The Hall–Kier alpha value is -1.32. The summed E-state index contributed by atoms with van der Waals surface area (Å²) >= 11 is 0. The standard InChI is InChI=1S/C14H23NO3/c1-4-7-11(2)14(17)15(10-13(16)18-3)12-8-5-6-9-12/h7,12H,4-6,8-10H2,1-3H3/b11-7-. The molecule has 0 saturated heterocycles. The van der Waals surface area contributed by atoms with Gasteiger partial charge in [-0.3, -0.25) is 9.59 Å². The van der Waals surface area contributed by atoms with Gasteiger partial charge in [0.15, 0.2) is 0 Å². The van der Waals surface area contributed by atoms with Gasteiger partial charge in [-0.05, 0) is 26.2 Å². The van der Waals surface area contributed by atoms with Crippen LogP contribution in [0.5, 0.6) is 0 Å². The van der Waals surface area contributed by atoms with Crippen molar-refractivity contribution in [1.29, 1.82) is 0 Å². The molecule has 0 aromatic carbocycles. The second kappa shape index (κ2) is 7.19. The predicted molar refractivity (Wildman–Crippen MR) is 70.0 cm³/mol. The Balaban J connectivity index is 2.78. The highest BCUT2D eigenvalue weighted by Gasteiger charge is 2.29. The van der Waals surface area contributed by atoms with Crippen LogP contribution in [0.4, 0.5) is 0 Å². The summed E-state index contributed by atoms with van der Waals surface area (Å²) in [6.07, 6.45) is 6.97. The highest BCUT2D eigenvalue weighted by Crippen LogP contribution is 2.24. The molecule has 1 rings (SSSR count). The largest absolute Gasteiger partial charge is 0.468 e. The second-order valence-corrected chi connectivity index (χ2v) is 4.74. The molecule has 0 atom stereocenters. The highest BCUT2D eigenvalue weighted by molar-refractivity contribution is 5.95. The lowest BCUT2D eigenvalue weighted by Gasteiger charge is -2.28. The number of methoxy groups -OCH3 is 1. The van der Waals surface area contributed by atoms with Crippen LogP contribution in [0.15, 0.2) is 11.6 Å². The van der Waals surface area contributed by atoms with Crippen LogP contribution >= 0.6 is 0 Å². The van der Waals surface area contributed by atoms with Gasteiger partial charge in [-0.2, -0.15) is 0 Å². The van der Waals surface area contributed by atoms with E-state index in [1.807, 2.05) is 19.9 Å². The van der Waals surface area contributed by atoms with Crippen molar-refractivity contribution in [2.45, 2.75) is 52.0 Å². The Morgan fingerprint density at radius 1 is 1.33 bits per heavy atom. The third-order valence-corrected chi connectivity index (χ3v) is 3.40. The first-order valence-corrected chi connectivity index (χ1v) is 6.64. The maximum atomic E-state index is 12.3. The van der Waals surface area contributed by atoms with Gasteiger partial charge in [0.25, 0.3) is 0 Å². The van der Waals surface area contributed by atoms with E-state index in [1.54, 1.807) is 4.90 Å². The number of esters is 1. The molecular weight excluding hydrogens is 230 g/mol. The number of hydrogen-bond donors (Lipinski definition) is 0. The van der Waals surface area contributed by atoms with Gasteiger partial charge >= 0.3 is 5.97 Å². The van der Waals surface area contributed by atoms with Crippen LogP contribution in [-0.4, -0.2) is 36.5 Å². The number of hydrogen-bond acceptors (Lipinski definition) is 3. The summed E-state index contributed by atoms with van der Waals surface area (Å²) in [6.45, 7) is 3.87. The molecule has 0 unspecified atom stereocenters. The topological polar surface area (TPSA) is 46.6 Å². The van der Waals surface area contributed by atoms with E-state index >= 15 is 0 Å². The average Bonchev–Trinajstić information content (AvgIpc) is 2.88. The minimum atomic E-state index is -0.348. The van der Waals surface area contributed by atoms with Crippen LogP contribution in [0.1, 0.15) is 46.0 Å². The predicted octanol–water partition coefficient (Wildman–Crippen LogP) is 2.29. The van der Waals surface area contributed by atoms with Gasteiger partial charge in [-0.25, -0.2) is 0 Å². The van der Waals surface area contributed by atoms with Gasteiger partial charge in [0.05, 0.1) is 7.11 Å². The van der Waals surface area contributed by atoms with E-state index in [0.717, 1.165) is 32.1 Å². The Bertz CT molecular complexity index is 330. The van der Waals surface area contributed by atoms with Gasteiger partial charge in [0.2, 0.25) is 5.91 Å². The number of allylic oxidation sites excluding steroid dienone is 1. The zero-order valence-corrected chi connectivity index (χ0v) is 11.6. The van der Waals surface area contributed by atoms with Crippen molar-refractivity contribution < 1.29 is 14.3 Å². The van der Waals surface area contributed by atoms with Gasteiger partial charge in [-0.15, -0.1) is 0 Å². The van der Waals surface area contributed by atoms with Crippen molar-refractivity contribution in [1.82, 2.24) is 4.90 Å². The zero-order chi connectivity index (χ0) is 13.5. The Kier molecular flexibility index (Phi) is 5.89. The van der Waals surface area contributed by atoms with Crippen molar-refractivity contribution >= 4 is 11.9 Å². The SMILES string of the molecule is CC/C=C(/C)C(=O)N(CC(=O)OC)C1CCCC1. The van der Waals surface area contributed by atoms with Gasteiger partial charge in [-0.1, -0.05) is 25.8 Å². The van der Waals surface area contributed by atoms with Gasteiger partial charge < -0.3 is 9.64 Å². The van der Waals surface area contributed by atoms with Crippen molar-refractivity contribution in [2.24, 2.45) is 0 Å². The Morgan fingerprint density at radius 2 is 1.94 bits per heavy atom. The van der Waals surface area contributed by atoms with E-state index in [-0.39, 0.29) is 24.5 Å². The average molecular weight is 253 g/mol. The first kappa shape index (κ1) is 14.7. The van der Waals surface area contributed by atoms with Crippen molar-refractivity contribution in [2.75, 3.05) is 13.7 Å². The summed E-state index contributed by atoms with van der Waals surface area (Å²) < 4.78 is 4.68. The molecule has 18 heavy (non-hydrogen) atoms. The summed E-state index contributed by atoms with van der Waals surface area (Å²) in [4.78, 5) is 25.4. The summed E-state index contributed by atoms with van der Waals surface area (Å²) in [5.74, 6) is -0.381. The smallest absolute Gasteiger partial charge is 0.325 e. The lowest BCUT2D eigenvalue weighted by atomic mass is 10.1. The summed E-state index contributed by atoms with van der Waals surface area (Å²) in [5.41, 5.74) is 0.716. The van der Waals surface area contributed by atoms with E-state index in [0.29, 0.717) is 5.57 Å². The van der Waals surface area contributed by atoms with E-state index in [9.17, 15) is 9.59 Å². The number of amides is 1. The monoisotopic (exact) mass is 253 g/mol. The van der Waals surface area contributed by atoms with E-state index in [1.165, 1.54) is 7.11 Å². The van der Waals surface area contributed by atoms with Gasteiger partial charge in [0, 0.05) is 11.6 Å². The molecule has 0 bridgehead atoms. The molecule has 0 aromatic heterocycles. The van der Waals surface area contributed by atoms with E-state index in [4.69, 9.17) is 0 Å². The molecule has 4 nitrogen and oxygen atoms in total. The number of ether oxygens (including phenoxy) is 1. The lowest BCUT2D eigenvalue weighted by molar-refractivity contribution is -0.147. The number of rotatable bonds is 5. The maximum absolute atomic E-state index is 12.3. The third-order valence-electron chi connectivity index (χ3n) is 3.40. The molecule has 0 N–H and O–H groups in total.